The average molecular weight is 312 g/mol. The van der Waals surface area contributed by atoms with Crippen LogP contribution < -0.4 is 5.32 Å². The van der Waals surface area contributed by atoms with E-state index in [0.717, 1.165) is 12.0 Å². The molecule has 1 unspecified atom stereocenters. The Morgan fingerprint density at radius 3 is 2.50 bits per heavy atom. The predicted molar refractivity (Wildman–Crippen MR) is 82.7 cm³/mol. The van der Waals surface area contributed by atoms with Gasteiger partial charge in [0.15, 0.2) is 0 Å². The van der Waals surface area contributed by atoms with Gasteiger partial charge in [0.05, 0.1) is 10.0 Å². The number of benzene rings is 2. The van der Waals surface area contributed by atoms with Crippen molar-refractivity contribution in [1.29, 1.82) is 0 Å². The third-order valence-electron chi connectivity index (χ3n) is 3.25. The maximum atomic E-state index is 13.6. The second-order valence-electron chi connectivity index (χ2n) is 4.61. The SMILES string of the molecule is CCC(NCc1ccccc1F)c1ccc(Cl)c(Cl)c1. The van der Waals surface area contributed by atoms with Crippen LogP contribution in [0.1, 0.15) is 30.5 Å². The second kappa shape index (κ2) is 7.07. The molecule has 0 fully saturated rings. The Balaban J connectivity index is 2.09. The zero-order valence-corrected chi connectivity index (χ0v) is 12.7. The molecule has 0 aliphatic carbocycles. The Labute approximate surface area is 128 Å². The van der Waals surface area contributed by atoms with Gasteiger partial charge >= 0.3 is 0 Å². The Bertz CT molecular complexity index is 586. The van der Waals surface area contributed by atoms with Gasteiger partial charge in [-0.05, 0) is 30.2 Å². The zero-order valence-electron chi connectivity index (χ0n) is 11.2. The number of rotatable bonds is 5. The minimum Gasteiger partial charge on any atom is -0.306 e. The second-order valence-corrected chi connectivity index (χ2v) is 5.42. The van der Waals surface area contributed by atoms with E-state index in [1.807, 2.05) is 18.2 Å². The maximum Gasteiger partial charge on any atom is 0.127 e. The first-order valence-corrected chi connectivity index (χ1v) is 7.29. The summed E-state index contributed by atoms with van der Waals surface area (Å²) in [6.45, 7) is 2.55. The van der Waals surface area contributed by atoms with Crippen LogP contribution in [-0.4, -0.2) is 0 Å². The maximum absolute atomic E-state index is 13.6. The summed E-state index contributed by atoms with van der Waals surface area (Å²) in [5.41, 5.74) is 1.71. The molecule has 1 nitrogen and oxygen atoms in total. The molecule has 4 heteroatoms. The average Bonchev–Trinajstić information content (AvgIpc) is 2.45. The monoisotopic (exact) mass is 311 g/mol. The van der Waals surface area contributed by atoms with Gasteiger partial charge in [-0.25, -0.2) is 4.39 Å². The summed E-state index contributed by atoms with van der Waals surface area (Å²) in [5.74, 6) is -0.191. The quantitative estimate of drug-likeness (QED) is 0.782. The summed E-state index contributed by atoms with van der Waals surface area (Å²) in [4.78, 5) is 0. The van der Waals surface area contributed by atoms with Crippen molar-refractivity contribution in [2.75, 3.05) is 0 Å². The van der Waals surface area contributed by atoms with E-state index in [9.17, 15) is 4.39 Å². The lowest BCUT2D eigenvalue weighted by molar-refractivity contribution is 0.504. The molecule has 0 heterocycles. The van der Waals surface area contributed by atoms with E-state index in [-0.39, 0.29) is 11.9 Å². The van der Waals surface area contributed by atoms with Crippen molar-refractivity contribution in [2.24, 2.45) is 0 Å². The molecule has 2 aromatic carbocycles. The normalized spacial score (nSPS) is 12.4. The minimum atomic E-state index is -0.191. The summed E-state index contributed by atoms with van der Waals surface area (Å²) >= 11 is 12.0. The predicted octanol–water partition coefficient (Wildman–Crippen LogP) is 5.37. The summed E-state index contributed by atoms with van der Waals surface area (Å²) in [6.07, 6.45) is 0.881. The van der Waals surface area contributed by atoms with E-state index in [1.165, 1.54) is 6.07 Å². The first kappa shape index (κ1) is 15.3. The number of halogens is 3. The molecule has 0 spiro atoms. The van der Waals surface area contributed by atoms with Crippen molar-refractivity contribution < 1.29 is 4.39 Å². The number of hydrogen-bond acceptors (Lipinski definition) is 1. The molecule has 1 N–H and O–H groups in total. The molecule has 2 aromatic rings. The van der Waals surface area contributed by atoms with Gasteiger partial charge in [-0.2, -0.15) is 0 Å². The Kier molecular flexibility index (Phi) is 5.41. The Morgan fingerprint density at radius 1 is 1.10 bits per heavy atom. The smallest absolute Gasteiger partial charge is 0.127 e. The fourth-order valence-corrected chi connectivity index (χ4v) is 2.41. The molecule has 0 bridgehead atoms. The highest BCUT2D eigenvalue weighted by molar-refractivity contribution is 6.42. The summed E-state index contributed by atoms with van der Waals surface area (Å²) in [6, 6.07) is 12.5. The largest absolute Gasteiger partial charge is 0.306 e. The first-order chi connectivity index (χ1) is 9.61. The van der Waals surface area contributed by atoms with Crippen LogP contribution in [0.5, 0.6) is 0 Å². The molecule has 0 saturated carbocycles. The van der Waals surface area contributed by atoms with Gasteiger partial charge in [-0.3, -0.25) is 0 Å². The summed E-state index contributed by atoms with van der Waals surface area (Å²) in [7, 11) is 0. The lowest BCUT2D eigenvalue weighted by Crippen LogP contribution is -2.20. The molecule has 0 amide bonds. The van der Waals surface area contributed by atoms with Crippen LogP contribution in [0.4, 0.5) is 4.39 Å². The van der Waals surface area contributed by atoms with Crippen LogP contribution in [0.3, 0.4) is 0 Å². The van der Waals surface area contributed by atoms with Gasteiger partial charge in [0.2, 0.25) is 0 Å². The highest BCUT2D eigenvalue weighted by Gasteiger charge is 2.11. The van der Waals surface area contributed by atoms with Gasteiger partial charge < -0.3 is 5.32 Å². The standard InChI is InChI=1S/C16H16Cl2FN/c1-2-16(11-7-8-13(17)14(18)9-11)20-10-12-5-3-4-6-15(12)19/h3-9,16,20H,2,10H2,1H3. The van der Waals surface area contributed by atoms with Gasteiger partial charge in [0.1, 0.15) is 5.82 Å². The molecule has 1 atom stereocenters. The van der Waals surface area contributed by atoms with Gasteiger partial charge in [-0.1, -0.05) is 54.4 Å². The molecule has 20 heavy (non-hydrogen) atoms. The van der Waals surface area contributed by atoms with Crippen molar-refractivity contribution >= 4 is 23.2 Å². The Morgan fingerprint density at radius 2 is 1.85 bits per heavy atom. The molecule has 106 valence electrons. The van der Waals surface area contributed by atoms with Crippen LogP contribution in [0.25, 0.3) is 0 Å². The molecular formula is C16H16Cl2FN. The highest BCUT2D eigenvalue weighted by Crippen LogP contribution is 2.27. The third kappa shape index (κ3) is 3.72. The molecule has 0 saturated heterocycles. The van der Waals surface area contributed by atoms with Crippen molar-refractivity contribution in [1.82, 2.24) is 5.32 Å². The van der Waals surface area contributed by atoms with Gasteiger partial charge in [0.25, 0.3) is 0 Å². The molecular weight excluding hydrogens is 296 g/mol. The van der Waals surface area contributed by atoms with E-state index < -0.39 is 0 Å². The van der Waals surface area contributed by atoms with Gasteiger partial charge in [0, 0.05) is 18.2 Å². The topological polar surface area (TPSA) is 12.0 Å². The third-order valence-corrected chi connectivity index (χ3v) is 3.99. The fourth-order valence-electron chi connectivity index (χ4n) is 2.10. The first-order valence-electron chi connectivity index (χ1n) is 6.53. The van der Waals surface area contributed by atoms with Crippen molar-refractivity contribution in [3.63, 3.8) is 0 Å². The van der Waals surface area contributed by atoms with E-state index >= 15 is 0 Å². The van der Waals surface area contributed by atoms with Crippen LogP contribution >= 0.6 is 23.2 Å². The van der Waals surface area contributed by atoms with Crippen molar-refractivity contribution in [3.8, 4) is 0 Å². The zero-order chi connectivity index (χ0) is 14.5. The molecule has 0 radical (unpaired) electrons. The van der Waals surface area contributed by atoms with Crippen molar-refractivity contribution in [2.45, 2.75) is 25.9 Å². The lowest BCUT2D eigenvalue weighted by Gasteiger charge is -2.18. The summed E-state index contributed by atoms with van der Waals surface area (Å²) < 4.78 is 13.6. The Hall–Kier alpha value is -1.09. The number of hydrogen-bond donors (Lipinski definition) is 1. The fraction of sp³-hybridized carbons (Fsp3) is 0.250. The van der Waals surface area contributed by atoms with Gasteiger partial charge in [-0.15, -0.1) is 0 Å². The molecule has 0 aliphatic heterocycles. The molecule has 2 rings (SSSR count). The van der Waals surface area contributed by atoms with Crippen LogP contribution in [0.15, 0.2) is 42.5 Å². The number of nitrogens with one attached hydrogen (secondary N) is 1. The lowest BCUT2D eigenvalue weighted by atomic mass is 10.0. The van der Waals surface area contributed by atoms with E-state index in [0.29, 0.717) is 22.2 Å². The molecule has 0 aromatic heterocycles. The minimum absolute atomic E-state index is 0.115. The van der Waals surface area contributed by atoms with Crippen LogP contribution in [0.2, 0.25) is 10.0 Å². The molecule has 0 aliphatic rings. The van der Waals surface area contributed by atoms with E-state index in [4.69, 9.17) is 23.2 Å². The highest BCUT2D eigenvalue weighted by atomic mass is 35.5. The van der Waals surface area contributed by atoms with Crippen molar-refractivity contribution in [3.05, 3.63) is 69.5 Å². The summed E-state index contributed by atoms with van der Waals surface area (Å²) in [5, 5.41) is 4.43. The van der Waals surface area contributed by atoms with E-state index in [1.54, 1.807) is 18.2 Å². The van der Waals surface area contributed by atoms with Crippen LogP contribution in [0, 0.1) is 5.82 Å². The van der Waals surface area contributed by atoms with Crippen LogP contribution in [-0.2, 0) is 6.54 Å². The van der Waals surface area contributed by atoms with E-state index in [2.05, 4.69) is 12.2 Å².